The Kier molecular flexibility index (Phi) is 12.4. The van der Waals surface area contributed by atoms with E-state index >= 15 is 0 Å². The first-order chi connectivity index (χ1) is 31.0. The van der Waals surface area contributed by atoms with Crippen molar-refractivity contribution in [2.75, 3.05) is 56.8 Å². The number of nitrogens with two attached hydrogens (primary N) is 1. The number of imide groups is 2. The molecule has 5 amide bonds. The summed E-state index contributed by atoms with van der Waals surface area (Å²) in [4.78, 5) is 77.0. The predicted octanol–water partition coefficient (Wildman–Crippen LogP) is 5.61. The Balaban J connectivity index is 0.967. The molecule has 1 aromatic heterocycles. The summed E-state index contributed by atoms with van der Waals surface area (Å²) >= 11 is 0. The average Bonchev–Trinajstić information content (AvgIpc) is 3.99. The molecule has 3 aromatic carbocycles. The Morgan fingerprint density at radius 3 is 2.54 bits per heavy atom. The molecule has 0 spiro atoms. The fraction of sp³-hybridized carbons (Fsp3) is 0.457. The molecule has 344 valence electrons. The van der Waals surface area contributed by atoms with Gasteiger partial charge >= 0.3 is 6.18 Å². The molecule has 0 radical (unpaired) electrons. The van der Waals surface area contributed by atoms with Crippen LogP contribution in [0.5, 0.6) is 11.5 Å². The van der Waals surface area contributed by atoms with E-state index in [-0.39, 0.29) is 52.9 Å². The number of carbonyl (C=O) groups is 5. The first-order valence-corrected chi connectivity index (χ1v) is 21.7. The smallest absolute Gasteiger partial charge is 0.416 e. The van der Waals surface area contributed by atoms with Gasteiger partial charge in [-0.25, -0.2) is 9.97 Å². The number of piperidine rings is 2. The van der Waals surface area contributed by atoms with Gasteiger partial charge in [-0.3, -0.25) is 39.1 Å². The van der Waals surface area contributed by atoms with Gasteiger partial charge < -0.3 is 31.2 Å². The number of fused-ring (bicyclic) bond motifs is 2. The van der Waals surface area contributed by atoms with E-state index in [1.165, 1.54) is 13.2 Å². The van der Waals surface area contributed by atoms with Gasteiger partial charge in [-0.15, -0.1) is 0 Å². The fourth-order valence-corrected chi connectivity index (χ4v) is 9.37. The minimum atomic E-state index is -4.57. The van der Waals surface area contributed by atoms with Crippen LogP contribution in [-0.4, -0.2) is 102 Å². The fourth-order valence-electron chi connectivity index (χ4n) is 9.37. The lowest BCUT2D eigenvalue weighted by Crippen LogP contribution is -2.54. The van der Waals surface area contributed by atoms with Crippen LogP contribution in [0.25, 0.3) is 10.9 Å². The maximum absolute atomic E-state index is 13.7. The lowest BCUT2D eigenvalue weighted by atomic mass is 9.84. The number of nitrogens with zero attached hydrogens (tertiary/aromatic N) is 4. The van der Waals surface area contributed by atoms with Crippen molar-refractivity contribution in [3.63, 3.8) is 0 Å². The number of alkyl halides is 3. The Bertz CT molecular complexity index is 2570. The maximum Gasteiger partial charge on any atom is 0.416 e. The Morgan fingerprint density at radius 2 is 1.83 bits per heavy atom. The zero-order valence-electron chi connectivity index (χ0n) is 36.6. The number of aryl methyl sites for hydroxylation is 1. The standard InChI is InChI=1S/C46H52F3N9O7/c1-24(27-16-28(46(47,48)49)19-29(50)17-27)53-40-32-20-37(36(64-4)21-34(32)54-25(2)55-40)65-23-45(11-12-45)22-30-18-26(41(60)51-3)10-14-57(30)15-13-52-33-7-5-6-31-39(33)44(63)58(43(31)62)35-8-9-38(59)56-42(35)61/h5-7,16-17,19-21,24,26,30,35,52H,8-15,18,22-23,50H2,1-4H3,(H,51,60)(H,53,54,55)(H,56,59,61)/t24-,26?,30?,35?/m1/s1. The largest absolute Gasteiger partial charge is 0.493 e. The normalized spacial score (nSPS) is 21.2. The van der Waals surface area contributed by atoms with E-state index in [1.54, 1.807) is 51.2 Å². The number of hydrogen-bond acceptors (Lipinski definition) is 13. The number of ether oxygens (including phenoxy) is 2. The summed E-state index contributed by atoms with van der Waals surface area (Å²) < 4.78 is 53.3. The van der Waals surface area contributed by atoms with Crippen molar-refractivity contribution < 1.29 is 46.6 Å². The van der Waals surface area contributed by atoms with Gasteiger partial charge in [-0.05, 0) is 101 Å². The zero-order valence-corrected chi connectivity index (χ0v) is 36.6. The molecule has 6 N–H and O–H groups in total. The number of rotatable bonds is 15. The summed E-state index contributed by atoms with van der Waals surface area (Å²) in [6.07, 6.45) is -0.623. The minimum absolute atomic E-state index is 0.00751. The maximum atomic E-state index is 13.7. The molecule has 3 fully saturated rings. The first-order valence-electron chi connectivity index (χ1n) is 21.7. The number of carbonyl (C=O) groups excluding carboxylic acids is 5. The highest BCUT2D eigenvalue weighted by atomic mass is 19.4. The molecule has 1 aliphatic carbocycles. The van der Waals surface area contributed by atoms with Crippen LogP contribution >= 0.6 is 0 Å². The highest BCUT2D eigenvalue weighted by Gasteiger charge is 2.48. The second-order valence-electron chi connectivity index (χ2n) is 17.5. The summed E-state index contributed by atoms with van der Waals surface area (Å²) in [6.45, 7) is 5.46. The van der Waals surface area contributed by atoms with Crippen molar-refractivity contribution in [1.29, 1.82) is 0 Å². The van der Waals surface area contributed by atoms with E-state index in [2.05, 4.69) is 36.1 Å². The van der Waals surface area contributed by atoms with E-state index in [9.17, 15) is 37.1 Å². The van der Waals surface area contributed by atoms with E-state index in [0.717, 1.165) is 36.3 Å². The number of amides is 5. The van der Waals surface area contributed by atoms with Gasteiger partial charge in [0.15, 0.2) is 11.5 Å². The van der Waals surface area contributed by atoms with Crippen LogP contribution in [0.3, 0.4) is 0 Å². The lowest BCUT2D eigenvalue weighted by Gasteiger charge is -2.40. The molecule has 4 atom stereocenters. The molecule has 2 saturated heterocycles. The quantitative estimate of drug-likeness (QED) is 0.0727. The molecule has 4 aliphatic rings. The topological polar surface area (TPSA) is 210 Å². The van der Waals surface area contributed by atoms with Crippen molar-refractivity contribution in [2.24, 2.45) is 11.3 Å². The summed E-state index contributed by atoms with van der Waals surface area (Å²) in [5, 5.41) is 12.2. The summed E-state index contributed by atoms with van der Waals surface area (Å²) in [7, 11) is 3.18. The van der Waals surface area contributed by atoms with Crippen LogP contribution in [-0.2, 0) is 20.6 Å². The molecule has 4 aromatic rings. The SMILES string of the molecule is CNC(=O)C1CCN(CCNc2cccc3c2C(=O)N(C2CCC(=O)NC2=O)C3=O)C(CC2(COc3cc4c(N[C@H](C)c5cc(N)cc(C(F)(F)F)c5)nc(C)nc4cc3OC)CC2)C1. The van der Waals surface area contributed by atoms with Gasteiger partial charge in [0.25, 0.3) is 11.8 Å². The second kappa shape index (κ2) is 17.8. The van der Waals surface area contributed by atoms with Crippen molar-refractivity contribution in [1.82, 2.24) is 30.4 Å². The molecular formula is C46H52F3N9O7. The van der Waals surface area contributed by atoms with Gasteiger partial charge in [-0.1, -0.05) is 6.07 Å². The molecule has 16 nitrogen and oxygen atoms in total. The van der Waals surface area contributed by atoms with Gasteiger partial charge in [0.1, 0.15) is 17.7 Å². The number of halogens is 3. The van der Waals surface area contributed by atoms with Crippen molar-refractivity contribution in [3.8, 4) is 11.5 Å². The Labute approximate surface area is 373 Å². The second-order valence-corrected chi connectivity index (χ2v) is 17.5. The number of nitrogens with one attached hydrogen (secondary N) is 4. The predicted molar refractivity (Wildman–Crippen MR) is 234 cm³/mol. The number of benzene rings is 3. The first kappa shape index (κ1) is 45.1. The molecule has 0 bridgehead atoms. The number of methoxy groups -OCH3 is 1. The summed E-state index contributed by atoms with van der Waals surface area (Å²) in [5.41, 5.74) is 6.56. The monoisotopic (exact) mass is 899 g/mol. The van der Waals surface area contributed by atoms with Crippen LogP contribution in [0.15, 0.2) is 48.5 Å². The Morgan fingerprint density at radius 1 is 1.05 bits per heavy atom. The number of hydrogen-bond donors (Lipinski definition) is 5. The Hall–Kier alpha value is -6.50. The van der Waals surface area contributed by atoms with Gasteiger partial charge in [-0.2, -0.15) is 13.2 Å². The van der Waals surface area contributed by atoms with Crippen LogP contribution < -0.4 is 36.5 Å². The van der Waals surface area contributed by atoms with Crippen LogP contribution in [0.4, 0.5) is 30.4 Å². The van der Waals surface area contributed by atoms with Crippen molar-refractivity contribution in [3.05, 3.63) is 76.6 Å². The third-order valence-electron chi connectivity index (χ3n) is 13.0. The van der Waals surface area contributed by atoms with E-state index < -0.39 is 47.5 Å². The third kappa shape index (κ3) is 9.37. The summed E-state index contributed by atoms with van der Waals surface area (Å²) in [5.74, 6) is -0.710. The zero-order chi connectivity index (χ0) is 46.4. The van der Waals surface area contributed by atoms with Crippen LogP contribution in [0.2, 0.25) is 0 Å². The average molecular weight is 900 g/mol. The van der Waals surface area contributed by atoms with Crippen molar-refractivity contribution in [2.45, 2.75) is 83.1 Å². The van der Waals surface area contributed by atoms with Crippen LogP contribution in [0.1, 0.15) is 95.6 Å². The molecule has 19 heteroatoms. The number of nitrogen functional groups attached to an aromatic ring is 1. The highest BCUT2D eigenvalue weighted by molar-refractivity contribution is 6.25. The molecule has 8 rings (SSSR count). The van der Waals surface area contributed by atoms with Crippen LogP contribution in [0, 0.1) is 18.3 Å². The van der Waals surface area contributed by atoms with E-state index in [4.69, 9.17) is 15.2 Å². The number of aromatic nitrogens is 2. The summed E-state index contributed by atoms with van der Waals surface area (Å²) in [6, 6.07) is 10.3. The molecular weight excluding hydrogens is 848 g/mol. The third-order valence-corrected chi connectivity index (χ3v) is 13.0. The van der Waals surface area contributed by atoms with Gasteiger partial charge in [0, 0.05) is 66.8 Å². The highest BCUT2D eigenvalue weighted by Crippen LogP contribution is 2.52. The minimum Gasteiger partial charge on any atom is -0.493 e. The van der Waals surface area contributed by atoms with E-state index in [0.29, 0.717) is 84.4 Å². The molecule has 1 saturated carbocycles. The molecule has 65 heavy (non-hydrogen) atoms. The lowest BCUT2D eigenvalue weighted by molar-refractivity contribution is -0.138. The number of likely N-dealkylation sites (tertiary alicyclic amines) is 1. The van der Waals surface area contributed by atoms with Gasteiger partial charge in [0.05, 0.1) is 42.0 Å². The molecule has 3 unspecified atom stereocenters. The van der Waals surface area contributed by atoms with Gasteiger partial charge in [0.2, 0.25) is 17.7 Å². The number of anilines is 3. The van der Waals surface area contributed by atoms with Crippen molar-refractivity contribution >= 4 is 57.6 Å². The molecule has 4 heterocycles. The molecule has 3 aliphatic heterocycles. The van der Waals surface area contributed by atoms with E-state index in [1.807, 2.05) is 0 Å².